The number of nitrogens with zero attached hydrogens (tertiary/aromatic N) is 2. The average Bonchev–Trinajstić information content (AvgIpc) is 3.05. The third kappa shape index (κ3) is 3.32. The molecule has 1 aliphatic rings. The van der Waals surface area contributed by atoms with Gasteiger partial charge in [-0.05, 0) is 55.9 Å². The summed E-state index contributed by atoms with van der Waals surface area (Å²) in [6.45, 7) is 3.89. The maximum atomic E-state index is 12.7. The maximum Gasteiger partial charge on any atom is 0.338 e. The van der Waals surface area contributed by atoms with E-state index in [0.717, 1.165) is 24.8 Å². The Bertz CT molecular complexity index is 1170. The molecule has 1 aromatic carbocycles. The van der Waals surface area contributed by atoms with Crippen LogP contribution in [0.3, 0.4) is 0 Å². The number of aromatic amines is 1. The Morgan fingerprint density at radius 3 is 3.07 bits per heavy atom. The number of rotatable bonds is 3. The fourth-order valence-electron chi connectivity index (χ4n) is 3.56. The number of aryl methyl sites for hydroxylation is 1. The van der Waals surface area contributed by atoms with Crippen LogP contribution in [0.5, 0.6) is 0 Å². The third-order valence-electron chi connectivity index (χ3n) is 5.08. The molecule has 0 fully saturated rings. The lowest BCUT2D eigenvalue weighted by molar-refractivity contribution is 0.0320. The molecule has 0 radical (unpaired) electrons. The highest BCUT2D eigenvalue weighted by atomic mass is 32.1. The second kappa shape index (κ2) is 7.21. The smallest absolute Gasteiger partial charge is 0.338 e. The van der Waals surface area contributed by atoms with Gasteiger partial charge in [0.15, 0.2) is 11.9 Å². The Kier molecular flexibility index (Phi) is 4.73. The molecule has 1 aliphatic carbocycles. The summed E-state index contributed by atoms with van der Waals surface area (Å²) >= 11 is 1.56. The van der Waals surface area contributed by atoms with Crippen molar-refractivity contribution in [3.8, 4) is 6.07 Å². The molecule has 7 heteroatoms. The second-order valence-corrected chi connectivity index (χ2v) is 8.31. The molecule has 1 N–H and O–H groups in total. The largest absolute Gasteiger partial charge is 0.451 e. The number of nitriles is 1. The summed E-state index contributed by atoms with van der Waals surface area (Å²) in [4.78, 5) is 34.4. The van der Waals surface area contributed by atoms with Gasteiger partial charge in [0, 0.05) is 4.88 Å². The second-order valence-electron chi connectivity index (χ2n) is 7.22. The summed E-state index contributed by atoms with van der Waals surface area (Å²) < 4.78 is 5.47. The Morgan fingerprint density at radius 1 is 1.46 bits per heavy atom. The zero-order valence-corrected chi connectivity index (χ0v) is 16.4. The molecular weight excluding hydrogens is 374 g/mol. The number of carbonyl (C=O) groups excluding carboxylic acids is 1. The van der Waals surface area contributed by atoms with Gasteiger partial charge in [-0.1, -0.05) is 13.0 Å². The van der Waals surface area contributed by atoms with E-state index in [2.05, 4.69) is 16.9 Å². The van der Waals surface area contributed by atoms with Gasteiger partial charge in [0.1, 0.15) is 4.83 Å². The molecule has 0 spiro atoms. The molecule has 0 unspecified atom stereocenters. The van der Waals surface area contributed by atoms with Crippen LogP contribution >= 0.6 is 11.3 Å². The van der Waals surface area contributed by atoms with Crippen LogP contribution in [0.4, 0.5) is 0 Å². The zero-order valence-electron chi connectivity index (χ0n) is 15.6. The number of hydrogen-bond donors (Lipinski definition) is 1. The molecule has 0 saturated heterocycles. The van der Waals surface area contributed by atoms with Crippen LogP contribution < -0.4 is 5.56 Å². The molecule has 0 aliphatic heterocycles. The SMILES string of the molecule is C[C@@H]1CCc2c(sc3nc([C@H](C)OC(=O)c4cccc(C#N)c4)[nH]c(=O)c23)C1. The highest BCUT2D eigenvalue weighted by Crippen LogP contribution is 2.36. The molecule has 3 aromatic rings. The van der Waals surface area contributed by atoms with Gasteiger partial charge in [-0.3, -0.25) is 4.79 Å². The first kappa shape index (κ1) is 18.4. The normalized spacial score (nSPS) is 17.0. The lowest BCUT2D eigenvalue weighted by atomic mass is 9.89. The molecule has 2 atom stereocenters. The van der Waals surface area contributed by atoms with Crippen LogP contribution in [0.25, 0.3) is 10.2 Å². The Labute approximate surface area is 165 Å². The van der Waals surface area contributed by atoms with Crippen molar-refractivity contribution in [2.24, 2.45) is 5.92 Å². The van der Waals surface area contributed by atoms with Gasteiger partial charge in [-0.25, -0.2) is 9.78 Å². The van der Waals surface area contributed by atoms with Gasteiger partial charge < -0.3 is 9.72 Å². The molecule has 142 valence electrons. The van der Waals surface area contributed by atoms with E-state index in [0.29, 0.717) is 27.5 Å². The molecule has 2 heterocycles. The van der Waals surface area contributed by atoms with E-state index in [-0.39, 0.29) is 11.1 Å². The molecule has 0 bridgehead atoms. The number of fused-ring (bicyclic) bond motifs is 3. The Morgan fingerprint density at radius 2 is 2.29 bits per heavy atom. The maximum absolute atomic E-state index is 12.7. The highest BCUT2D eigenvalue weighted by Gasteiger charge is 2.24. The molecule has 2 aromatic heterocycles. The Hall–Kier alpha value is -2.98. The number of hydrogen-bond acceptors (Lipinski definition) is 6. The molecule has 4 rings (SSSR count). The number of benzene rings is 1. The number of aromatic nitrogens is 2. The van der Waals surface area contributed by atoms with Gasteiger partial charge in [-0.15, -0.1) is 11.3 Å². The lowest BCUT2D eigenvalue weighted by Crippen LogP contribution is -2.18. The summed E-state index contributed by atoms with van der Waals surface area (Å²) in [5.41, 5.74) is 1.61. The molecule has 28 heavy (non-hydrogen) atoms. The first-order chi connectivity index (χ1) is 13.5. The van der Waals surface area contributed by atoms with Crippen molar-refractivity contribution in [3.05, 3.63) is 62.0 Å². The number of nitrogens with one attached hydrogen (secondary N) is 1. The summed E-state index contributed by atoms with van der Waals surface area (Å²) in [6.07, 6.45) is 2.24. The topological polar surface area (TPSA) is 95.8 Å². The van der Waals surface area contributed by atoms with Crippen molar-refractivity contribution < 1.29 is 9.53 Å². The van der Waals surface area contributed by atoms with Crippen LogP contribution in [-0.2, 0) is 17.6 Å². The minimum atomic E-state index is -0.714. The van der Waals surface area contributed by atoms with E-state index < -0.39 is 12.1 Å². The average molecular weight is 393 g/mol. The predicted molar refractivity (Wildman–Crippen MR) is 106 cm³/mol. The fraction of sp³-hybridized carbons (Fsp3) is 0.333. The van der Waals surface area contributed by atoms with Gasteiger partial charge in [0.25, 0.3) is 5.56 Å². The number of ether oxygens (including phenoxy) is 1. The van der Waals surface area contributed by atoms with Crippen LogP contribution in [0.2, 0.25) is 0 Å². The van der Waals surface area contributed by atoms with E-state index in [4.69, 9.17) is 10.00 Å². The van der Waals surface area contributed by atoms with Crippen LogP contribution in [-0.4, -0.2) is 15.9 Å². The monoisotopic (exact) mass is 393 g/mol. The quantitative estimate of drug-likeness (QED) is 0.681. The fourth-order valence-corrected chi connectivity index (χ4v) is 4.95. The van der Waals surface area contributed by atoms with Gasteiger partial charge in [0.05, 0.1) is 22.6 Å². The predicted octanol–water partition coefficient (Wildman–Crippen LogP) is 3.90. The third-order valence-corrected chi connectivity index (χ3v) is 6.23. The number of carbonyl (C=O) groups is 1. The van der Waals surface area contributed by atoms with Gasteiger partial charge in [0.2, 0.25) is 0 Å². The van der Waals surface area contributed by atoms with E-state index in [1.807, 2.05) is 6.07 Å². The minimum Gasteiger partial charge on any atom is -0.451 e. The van der Waals surface area contributed by atoms with Crippen LogP contribution in [0.1, 0.15) is 58.6 Å². The van der Waals surface area contributed by atoms with Crippen molar-refractivity contribution in [1.82, 2.24) is 9.97 Å². The molecule has 0 saturated carbocycles. The standard InChI is InChI=1S/C21H19N3O3S/c1-11-6-7-15-16(8-11)28-20-17(15)19(25)23-18(24-20)12(2)27-21(26)14-5-3-4-13(9-14)10-22/h3-5,9,11-12H,6-8H2,1-2H3,(H,23,24,25)/t11-,12+/m1/s1. The van der Waals surface area contributed by atoms with Crippen molar-refractivity contribution in [2.45, 2.75) is 39.2 Å². The van der Waals surface area contributed by atoms with Crippen molar-refractivity contribution in [3.63, 3.8) is 0 Å². The first-order valence-corrected chi connectivity index (χ1v) is 10.0. The molecular formula is C21H19N3O3S. The molecule has 0 amide bonds. The van der Waals surface area contributed by atoms with E-state index >= 15 is 0 Å². The lowest BCUT2D eigenvalue weighted by Gasteiger charge is -2.17. The summed E-state index contributed by atoms with van der Waals surface area (Å²) in [6, 6.07) is 8.30. The summed E-state index contributed by atoms with van der Waals surface area (Å²) in [5, 5.41) is 9.65. The number of thiophene rings is 1. The Balaban J connectivity index is 1.62. The van der Waals surface area contributed by atoms with Gasteiger partial charge in [-0.2, -0.15) is 5.26 Å². The van der Waals surface area contributed by atoms with Crippen molar-refractivity contribution in [2.75, 3.05) is 0 Å². The summed E-state index contributed by atoms with van der Waals surface area (Å²) in [7, 11) is 0. The highest BCUT2D eigenvalue weighted by molar-refractivity contribution is 7.18. The first-order valence-electron chi connectivity index (χ1n) is 9.22. The van der Waals surface area contributed by atoms with E-state index in [1.165, 1.54) is 10.9 Å². The minimum absolute atomic E-state index is 0.179. The summed E-state index contributed by atoms with van der Waals surface area (Å²) in [5.74, 6) is 0.378. The molecule has 6 nitrogen and oxygen atoms in total. The zero-order chi connectivity index (χ0) is 19.8. The van der Waals surface area contributed by atoms with Crippen molar-refractivity contribution in [1.29, 1.82) is 5.26 Å². The van der Waals surface area contributed by atoms with E-state index in [1.54, 1.807) is 36.5 Å². The number of esters is 1. The van der Waals surface area contributed by atoms with Gasteiger partial charge >= 0.3 is 5.97 Å². The number of H-pyrrole nitrogens is 1. The van der Waals surface area contributed by atoms with Crippen LogP contribution in [0.15, 0.2) is 29.1 Å². The van der Waals surface area contributed by atoms with Crippen molar-refractivity contribution >= 4 is 27.5 Å². The van der Waals surface area contributed by atoms with E-state index in [9.17, 15) is 9.59 Å². The van der Waals surface area contributed by atoms with Crippen LogP contribution in [0, 0.1) is 17.2 Å².